The summed E-state index contributed by atoms with van der Waals surface area (Å²) >= 11 is 0. The van der Waals surface area contributed by atoms with Gasteiger partial charge in [0, 0.05) is 5.69 Å². The summed E-state index contributed by atoms with van der Waals surface area (Å²) < 4.78 is 5.93. The number of nitrogens with zero attached hydrogens (tertiary/aromatic N) is 1. The lowest BCUT2D eigenvalue weighted by molar-refractivity contribution is -0.136. The van der Waals surface area contributed by atoms with E-state index in [-0.39, 0.29) is 24.5 Å². The van der Waals surface area contributed by atoms with E-state index in [0.717, 1.165) is 42.8 Å². The molecule has 2 unspecified atom stereocenters. The van der Waals surface area contributed by atoms with Gasteiger partial charge in [0.05, 0.1) is 6.10 Å². The Morgan fingerprint density at radius 2 is 1.83 bits per heavy atom. The highest BCUT2D eigenvalue weighted by Gasteiger charge is 2.55. The minimum absolute atomic E-state index is 0.0770. The van der Waals surface area contributed by atoms with Crippen LogP contribution in [0.2, 0.25) is 0 Å². The van der Waals surface area contributed by atoms with Gasteiger partial charge < -0.3 is 15.4 Å². The first-order chi connectivity index (χ1) is 14.0. The molecule has 0 bridgehead atoms. The average molecular weight is 399 g/mol. The second-order valence-electron chi connectivity index (χ2n) is 8.54. The number of anilines is 1. The smallest absolute Gasteiger partial charge is 0.325 e. The van der Waals surface area contributed by atoms with E-state index in [0.29, 0.717) is 12.1 Å². The van der Waals surface area contributed by atoms with Gasteiger partial charge in [-0.05, 0) is 68.7 Å². The van der Waals surface area contributed by atoms with Crippen molar-refractivity contribution in [2.24, 2.45) is 5.92 Å². The van der Waals surface area contributed by atoms with Crippen LogP contribution >= 0.6 is 0 Å². The second kappa shape index (κ2) is 8.05. The third-order valence-electron chi connectivity index (χ3n) is 6.55. The summed E-state index contributed by atoms with van der Waals surface area (Å²) in [6.07, 6.45) is 8.39. The lowest BCUT2D eigenvalue weighted by Gasteiger charge is -2.36. The number of nitrogens with one attached hydrogen (secondary N) is 2. The second-order valence-corrected chi connectivity index (χ2v) is 8.54. The van der Waals surface area contributed by atoms with E-state index in [1.165, 1.54) is 12.8 Å². The Bertz CT molecular complexity index is 788. The Hall–Kier alpha value is -2.57. The van der Waals surface area contributed by atoms with Crippen LogP contribution in [-0.2, 0) is 9.59 Å². The van der Waals surface area contributed by atoms with Gasteiger partial charge in [0.25, 0.3) is 5.91 Å². The zero-order valence-electron chi connectivity index (χ0n) is 16.9. The maximum Gasteiger partial charge on any atom is 0.325 e. The molecular formula is C22H29N3O4. The Morgan fingerprint density at radius 1 is 1.14 bits per heavy atom. The van der Waals surface area contributed by atoms with Crippen LogP contribution in [0.5, 0.6) is 5.75 Å². The summed E-state index contributed by atoms with van der Waals surface area (Å²) in [5.74, 6) is 0.203. The van der Waals surface area contributed by atoms with Crippen molar-refractivity contribution in [1.82, 2.24) is 10.2 Å². The minimum Gasteiger partial charge on any atom is -0.490 e. The van der Waals surface area contributed by atoms with Crippen molar-refractivity contribution in [3.05, 3.63) is 24.3 Å². The van der Waals surface area contributed by atoms with Crippen molar-refractivity contribution in [3.8, 4) is 5.75 Å². The van der Waals surface area contributed by atoms with Crippen molar-refractivity contribution < 1.29 is 19.1 Å². The maximum absolute atomic E-state index is 12.9. The number of carbonyl (C=O) groups excluding carboxylic acids is 3. The summed E-state index contributed by atoms with van der Waals surface area (Å²) in [6.45, 7) is 1.72. The fourth-order valence-electron chi connectivity index (χ4n) is 4.80. The van der Waals surface area contributed by atoms with Crippen LogP contribution in [0.3, 0.4) is 0 Å². The van der Waals surface area contributed by atoms with E-state index in [2.05, 4.69) is 10.6 Å². The number of amides is 4. The summed E-state index contributed by atoms with van der Waals surface area (Å²) in [4.78, 5) is 38.9. The van der Waals surface area contributed by atoms with Gasteiger partial charge in [-0.1, -0.05) is 19.8 Å². The largest absolute Gasteiger partial charge is 0.490 e. The molecule has 1 saturated heterocycles. The Labute approximate surface area is 171 Å². The number of urea groups is 1. The first-order valence-electron chi connectivity index (χ1n) is 10.7. The molecule has 29 heavy (non-hydrogen) atoms. The highest BCUT2D eigenvalue weighted by molar-refractivity contribution is 6.10. The van der Waals surface area contributed by atoms with Crippen molar-refractivity contribution in [3.63, 3.8) is 0 Å². The molecule has 2 aliphatic carbocycles. The van der Waals surface area contributed by atoms with Crippen LogP contribution in [0.15, 0.2) is 24.3 Å². The summed E-state index contributed by atoms with van der Waals surface area (Å²) in [7, 11) is 0. The van der Waals surface area contributed by atoms with E-state index >= 15 is 0 Å². The zero-order chi connectivity index (χ0) is 20.4. The first-order valence-corrected chi connectivity index (χ1v) is 10.7. The van der Waals surface area contributed by atoms with Crippen LogP contribution in [-0.4, -0.2) is 40.9 Å². The van der Waals surface area contributed by atoms with Crippen molar-refractivity contribution in [2.45, 2.75) is 69.9 Å². The minimum atomic E-state index is -0.838. The monoisotopic (exact) mass is 399 g/mol. The maximum atomic E-state index is 12.9. The van der Waals surface area contributed by atoms with Gasteiger partial charge in [-0.2, -0.15) is 0 Å². The average Bonchev–Trinajstić information content (AvgIpc) is 3.29. The fourth-order valence-corrected chi connectivity index (χ4v) is 4.80. The van der Waals surface area contributed by atoms with Gasteiger partial charge >= 0.3 is 6.03 Å². The number of hydrogen-bond donors (Lipinski definition) is 2. The molecule has 0 radical (unpaired) electrons. The van der Waals surface area contributed by atoms with Crippen LogP contribution < -0.4 is 15.4 Å². The molecule has 4 rings (SSSR count). The molecule has 3 fully saturated rings. The summed E-state index contributed by atoms with van der Waals surface area (Å²) in [5, 5.41) is 5.64. The Kier molecular flexibility index (Phi) is 5.48. The third-order valence-corrected chi connectivity index (χ3v) is 6.55. The van der Waals surface area contributed by atoms with Crippen molar-refractivity contribution >= 4 is 23.5 Å². The van der Waals surface area contributed by atoms with Crippen molar-refractivity contribution in [2.75, 3.05) is 11.9 Å². The van der Waals surface area contributed by atoms with Crippen molar-refractivity contribution in [1.29, 1.82) is 0 Å². The molecule has 3 aliphatic rings. The molecule has 0 aromatic heterocycles. The molecule has 2 saturated carbocycles. The number of carbonyl (C=O) groups is 3. The molecule has 1 aliphatic heterocycles. The van der Waals surface area contributed by atoms with Gasteiger partial charge in [0.15, 0.2) is 0 Å². The molecule has 4 amide bonds. The van der Waals surface area contributed by atoms with Gasteiger partial charge in [-0.15, -0.1) is 0 Å². The standard InChI is InChI=1S/C22H29N3O4/c1-15-6-4-5-13-22(15)20(27)25(21(28)24-22)14-19(26)23-16-9-11-18(12-10-16)29-17-7-2-3-8-17/h9-12,15,17H,2-8,13-14H2,1H3,(H,23,26)(H,24,28). The first kappa shape index (κ1) is 19.7. The molecule has 1 aromatic rings. The molecule has 2 N–H and O–H groups in total. The van der Waals surface area contributed by atoms with Crippen LogP contribution in [0.25, 0.3) is 0 Å². The molecule has 7 nitrogen and oxygen atoms in total. The topological polar surface area (TPSA) is 87.7 Å². The van der Waals surface area contributed by atoms with Gasteiger partial charge in [-0.3, -0.25) is 14.5 Å². The normalized spacial score (nSPS) is 27.3. The quantitative estimate of drug-likeness (QED) is 0.743. The summed E-state index contributed by atoms with van der Waals surface area (Å²) in [6, 6.07) is 6.75. The predicted octanol–water partition coefficient (Wildman–Crippen LogP) is 3.45. The highest BCUT2D eigenvalue weighted by Crippen LogP contribution is 2.38. The van der Waals surface area contributed by atoms with Gasteiger partial charge in [-0.25, -0.2) is 4.79 Å². The fraction of sp³-hybridized carbons (Fsp3) is 0.591. The lowest BCUT2D eigenvalue weighted by atomic mass is 9.73. The van der Waals surface area contributed by atoms with Gasteiger partial charge in [0.1, 0.15) is 17.8 Å². The summed E-state index contributed by atoms with van der Waals surface area (Å²) in [5.41, 5.74) is -0.226. The Morgan fingerprint density at radius 3 is 2.52 bits per heavy atom. The van der Waals surface area contributed by atoms with E-state index < -0.39 is 17.5 Å². The molecular weight excluding hydrogens is 370 g/mol. The number of imide groups is 1. The number of ether oxygens (including phenoxy) is 1. The number of rotatable bonds is 5. The van der Waals surface area contributed by atoms with Crippen LogP contribution in [0.1, 0.15) is 58.3 Å². The molecule has 1 heterocycles. The predicted molar refractivity (Wildman–Crippen MR) is 109 cm³/mol. The number of benzene rings is 1. The van der Waals surface area contributed by atoms with E-state index in [1.807, 2.05) is 19.1 Å². The SMILES string of the molecule is CC1CCCCC12NC(=O)N(CC(=O)Nc1ccc(OC3CCCC3)cc1)C2=O. The van der Waals surface area contributed by atoms with E-state index in [1.54, 1.807) is 12.1 Å². The molecule has 1 aromatic carbocycles. The molecule has 1 spiro atoms. The van der Waals surface area contributed by atoms with Crippen LogP contribution in [0.4, 0.5) is 10.5 Å². The van der Waals surface area contributed by atoms with E-state index in [9.17, 15) is 14.4 Å². The highest BCUT2D eigenvalue weighted by atomic mass is 16.5. The third kappa shape index (κ3) is 3.95. The van der Waals surface area contributed by atoms with Crippen LogP contribution in [0, 0.1) is 5.92 Å². The van der Waals surface area contributed by atoms with E-state index in [4.69, 9.17) is 4.74 Å². The zero-order valence-corrected chi connectivity index (χ0v) is 16.9. The van der Waals surface area contributed by atoms with Gasteiger partial charge in [0.2, 0.25) is 5.91 Å². The number of hydrogen-bond acceptors (Lipinski definition) is 4. The molecule has 7 heteroatoms. The molecule has 2 atom stereocenters. The Balaban J connectivity index is 1.34. The lowest BCUT2D eigenvalue weighted by Crippen LogP contribution is -2.54. The molecule has 156 valence electrons.